The van der Waals surface area contributed by atoms with Crippen molar-refractivity contribution in [3.63, 3.8) is 0 Å². The van der Waals surface area contributed by atoms with Crippen molar-refractivity contribution in [3.8, 4) is 28.5 Å². The molecule has 0 atom stereocenters. The number of hydrogen-bond acceptors (Lipinski definition) is 3. The van der Waals surface area contributed by atoms with Gasteiger partial charge in [-0.15, -0.1) is 0 Å². The zero-order valence-corrected chi connectivity index (χ0v) is 16.1. The molecule has 0 aliphatic heterocycles. The van der Waals surface area contributed by atoms with Gasteiger partial charge in [-0.05, 0) is 53.4 Å². The molecule has 29 heavy (non-hydrogen) atoms. The van der Waals surface area contributed by atoms with Crippen molar-refractivity contribution in [1.29, 1.82) is 5.26 Å². The van der Waals surface area contributed by atoms with Crippen molar-refractivity contribution in [2.24, 2.45) is 5.73 Å². The summed E-state index contributed by atoms with van der Waals surface area (Å²) in [5, 5.41) is 14.1. The van der Waals surface area contributed by atoms with Gasteiger partial charge < -0.3 is 5.73 Å². The maximum Gasteiger partial charge on any atom is 0.0991 e. The molecule has 4 heteroatoms. The zero-order chi connectivity index (χ0) is 20.1. The maximum atomic E-state index is 9.35. The van der Waals surface area contributed by atoms with Crippen LogP contribution in [-0.4, -0.2) is 16.3 Å². The van der Waals surface area contributed by atoms with E-state index in [1.165, 1.54) is 5.56 Å². The summed E-state index contributed by atoms with van der Waals surface area (Å²) in [5.74, 6) is 0. The molecule has 0 bridgehead atoms. The van der Waals surface area contributed by atoms with E-state index >= 15 is 0 Å². The van der Waals surface area contributed by atoms with Gasteiger partial charge in [0.2, 0.25) is 0 Å². The molecular formula is C25H22N4. The number of nitriles is 1. The van der Waals surface area contributed by atoms with Gasteiger partial charge in [-0.1, -0.05) is 60.7 Å². The van der Waals surface area contributed by atoms with Gasteiger partial charge in [-0.3, -0.25) is 4.68 Å². The van der Waals surface area contributed by atoms with Gasteiger partial charge in [0.05, 0.1) is 23.9 Å². The average molecular weight is 378 g/mol. The summed E-state index contributed by atoms with van der Waals surface area (Å²) in [7, 11) is 0. The summed E-state index contributed by atoms with van der Waals surface area (Å²) in [6, 6.07) is 28.7. The van der Waals surface area contributed by atoms with Crippen molar-refractivity contribution in [3.05, 3.63) is 102 Å². The highest BCUT2D eigenvalue weighted by molar-refractivity contribution is 5.69. The monoisotopic (exact) mass is 378 g/mol. The Balaban J connectivity index is 1.66. The number of benzene rings is 3. The van der Waals surface area contributed by atoms with Gasteiger partial charge >= 0.3 is 0 Å². The van der Waals surface area contributed by atoms with E-state index in [2.05, 4.69) is 42.5 Å². The fourth-order valence-electron chi connectivity index (χ4n) is 3.48. The first-order valence-corrected chi connectivity index (χ1v) is 9.68. The zero-order valence-electron chi connectivity index (χ0n) is 16.1. The minimum atomic E-state index is 0.599. The molecule has 0 saturated carbocycles. The third kappa shape index (κ3) is 4.26. The lowest BCUT2D eigenvalue weighted by Crippen LogP contribution is -2.04. The van der Waals surface area contributed by atoms with E-state index in [9.17, 15) is 5.26 Å². The highest BCUT2D eigenvalue weighted by Crippen LogP contribution is 2.26. The number of hydrogen-bond donors (Lipinski definition) is 1. The second-order valence-corrected chi connectivity index (χ2v) is 6.98. The number of nitrogens with two attached hydrogens (primary N) is 1. The fourth-order valence-corrected chi connectivity index (χ4v) is 3.48. The lowest BCUT2D eigenvalue weighted by atomic mass is 9.96. The molecule has 0 saturated heterocycles. The van der Waals surface area contributed by atoms with Crippen LogP contribution in [-0.2, 0) is 13.0 Å². The van der Waals surface area contributed by atoms with Crippen LogP contribution in [0.3, 0.4) is 0 Å². The molecule has 3 aromatic carbocycles. The van der Waals surface area contributed by atoms with Gasteiger partial charge in [0.15, 0.2) is 0 Å². The van der Waals surface area contributed by atoms with E-state index in [0.29, 0.717) is 18.7 Å². The summed E-state index contributed by atoms with van der Waals surface area (Å²) in [4.78, 5) is 0. The molecule has 0 fully saturated rings. The van der Waals surface area contributed by atoms with E-state index < -0.39 is 0 Å². The summed E-state index contributed by atoms with van der Waals surface area (Å²) in [6.45, 7) is 1.24. The van der Waals surface area contributed by atoms with Crippen LogP contribution in [0.4, 0.5) is 0 Å². The molecule has 1 heterocycles. The quantitative estimate of drug-likeness (QED) is 0.531. The summed E-state index contributed by atoms with van der Waals surface area (Å²) >= 11 is 0. The van der Waals surface area contributed by atoms with Crippen molar-refractivity contribution in [1.82, 2.24) is 9.78 Å². The van der Waals surface area contributed by atoms with Gasteiger partial charge in [0.25, 0.3) is 0 Å². The molecule has 142 valence electrons. The van der Waals surface area contributed by atoms with Crippen molar-refractivity contribution in [2.75, 3.05) is 6.54 Å². The van der Waals surface area contributed by atoms with Crippen LogP contribution < -0.4 is 5.73 Å². The van der Waals surface area contributed by atoms with Crippen molar-refractivity contribution < 1.29 is 0 Å². The predicted molar refractivity (Wildman–Crippen MR) is 116 cm³/mol. The Morgan fingerprint density at radius 2 is 1.69 bits per heavy atom. The molecule has 0 amide bonds. The Morgan fingerprint density at radius 3 is 2.41 bits per heavy atom. The number of nitrogens with zero attached hydrogens (tertiary/aromatic N) is 3. The van der Waals surface area contributed by atoms with Crippen LogP contribution >= 0.6 is 0 Å². The van der Waals surface area contributed by atoms with Crippen molar-refractivity contribution >= 4 is 0 Å². The first kappa shape index (κ1) is 18.7. The van der Waals surface area contributed by atoms with Crippen LogP contribution in [0.1, 0.15) is 16.7 Å². The summed E-state index contributed by atoms with van der Waals surface area (Å²) in [5.41, 5.74) is 12.9. The Labute approximate surface area is 170 Å². The molecular weight excluding hydrogens is 356 g/mol. The molecule has 1 aromatic heterocycles. The Bertz CT molecular complexity index is 1140. The van der Waals surface area contributed by atoms with Gasteiger partial charge in [0.1, 0.15) is 0 Å². The molecule has 0 aliphatic rings. The summed E-state index contributed by atoms with van der Waals surface area (Å²) < 4.78 is 1.92. The highest BCUT2D eigenvalue weighted by atomic mass is 15.3. The molecule has 0 aliphatic carbocycles. The second-order valence-electron chi connectivity index (χ2n) is 6.98. The third-order valence-corrected chi connectivity index (χ3v) is 4.97. The lowest BCUT2D eigenvalue weighted by Gasteiger charge is -2.12. The van der Waals surface area contributed by atoms with E-state index in [1.807, 2.05) is 53.3 Å². The molecule has 2 N–H and O–H groups in total. The van der Waals surface area contributed by atoms with Crippen LogP contribution in [0.15, 0.2) is 85.1 Å². The van der Waals surface area contributed by atoms with Crippen LogP contribution in [0.2, 0.25) is 0 Å². The topological polar surface area (TPSA) is 67.6 Å². The third-order valence-electron chi connectivity index (χ3n) is 4.97. The fraction of sp³-hybridized carbons (Fsp3) is 0.120. The van der Waals surface area contributed by atoms with Gasteiger partial charge in [0, 0.05) is 11.8 Å². The smallest absolute Gasteiger partial charge is 0.0991 e. The van der Waals surface area contributed by atoms with E-state index in [0.717, 1.165) is 34.4 Å². The molecule has 0 spiro atoms. The predicted octanol–water partition coefficient (Wildman–Crippen LogP) is 4.64. The molecule has 0 unspecified atom stereocenters. The highest BCUT2D eigenvalue weighted by Gasteiger charge is 2.09. The van der Waals surface area contributed by atoms with Crippen LogP contribution in [0.25, 0.3) is 22.4 Å². The molecule has 0 radical (unpaired) electrons. The minimum absolute atomic E-state index is 0.599. The SMILES string of the molecule is N#Cc1ccc(-c2ccc(CCN)cc2)c(Cn2ccc(-c3ccccc3)n2)c1. The average Bonchev–Trinajstić information content (AvgIpc) is 3.24. The van der Waals surface area contributed by atoms with Gasteiger partial charge in [-0.25, -0.2) is 0 Å². The first-order valence-electron chi connectivity index (χ1n) is 9.68. The van der Waals surface area contributed by atoms with Crippen LogP contribution in [0.5, 0.6) is 0 Å². The van der Waals surface area contributed by atoms with E-state index in [1.54, 1.807) is 0 Å². The molecule has 4 rings (SSSR count). The molecule has 4 aromatic rings. The Kier molecular flexibility index (Phi) is 5.51. The normalized spacial score (nSPS) is 10.6. The number of aromatic nitrogens is 2. The van der Waals surface area contributed by atoms with Crippen molar-refractivity contribution in [2.45, 2.75) is 13.0 Å². The van der Waals surface area contributed by atoms with Gasteiger partial charge in [-0.2, -0.15) is 10.4 Å². The van der Waals surface area contributed by atoms with E-state index in [4.69, 9.17) is 10.8 Å². The van der Waals surface area contributed by atoms with Crippen LogP contribution in [0, 0.1) is 11.3 Å². The summed E-state index contributed by atoms with van der Waals surface area (Å²) in [6.07, 6.45) is 2.85. The number of rotatable bonds is 6. The first-order chi connectivity index (χ1) is 14.3. The standard InChI is InChI=1S/C25H22N4/c26-14-12-19-6-9-21(10-7-19)24-11-8-20(17-27)16-23(24)18-29-15-13-25(28-29)22-4-2-1-3-5-22/h1-11,13,15-16H,12,14,18,26H2. The molecule has 4 nitrogen and oxygen atoms in total. The minimum Gasteiger partial charge on any atom is -0.330 e. The van der Waals surface area contributed by atoms with E-state index in [-0.39, 0.29) is 0 Å². The largest absolute Gasteiger partial charge is 0.330 e. The Morgan fingerprint density at radius 1 is 0.897 bits per heavy atom. The maximum absolute atomic E-state index is 9.35. The lowest BCUT2D eigenvalue weighted by molar-refractivity contribution is 0.690. The Hall–Kier alpha value is -3.68. The second kappa shape index (κ2) is 8.55.